The average molecular weight is 499 g/mol. The predicted molar refractivity (Wildman–Crippen MR) is 146 cm³/mol. The van der Waals surface area contributed by atoms with Gasteiger partial charge in [0.25, 0.3) is 5.56 Å². The van der Waals surface area contributed by atoms with Crippen molar-refractivity contribution in [3.8, 4) is 5.82 Å². The first kappa shape index (κ1) is 24.9. The van der Waals surface area contributed by atoms with Crippen LogP contribution >= 0.6 is 0 Å². The van der Waals surface area contributed by atoms with Crippen molar-refractivity contribution in [2.45, 2.75) is 64.5 Å². The minimum atomic E-state index is -1.13. The van der Waals surface area contributed by atoms with Crippen LogP contribution in [0.2, 0.25) is 0 Å². The Balaban J connectivity index is 1.50. The first-order valence-electron chi connectivity index (χ1n) is 12.9. The molecule has 37 heavy (non-hydrogen) atoms. The first-order valence-corrected chi connectivity index (χ1v) is 12.9. The molecule has 0 radical (unpaired) electrons. The minimum absolute atomic E-state index is 0.233. The second-order valence-corrected chi connectivity index (χ2v) is 10.6. The molecule has 1 aliphatic rings. The van der Waals surface area contributed by atoms with Crippen LogP contribution in [-0.4, -0.2) is 29.4 Å². The molecule has 0 amide bonds. The van der Waals surface area contributed by atoms with Gasteiger partial charge in [-0.15, -0.1) is 6.58 Å². The maximum Gasteiger partial charge on any atom is 0.278 e. The van der Waals surface area contributed by atoms with E-state index in [1.54, 1.807) is 49.0 Å². The Labute approximate surface area is 216 Å². The molecule has 0 saturated heterocycles. The summed E-state index contributed by atoms with van der Waals surface area (Å²) in [6, 6.07) is 13.8. The molecule has 0 spiro atoms. The molecule has 0 bridgehead atoms. The first-order chi connectivity index (χ1) is 17.7. The molecule has 1 aliphatic carbocycles. The van der Waals surface area contributed by atoms with Crippen LogP contribution in [-0.2, 0) is 12.1 Å². The lowest BCUT2D eigenvalue weighted by molar-refractivity contribution is 0.0738. The zero-order valence-electron chi connectivity index (χ0n) is 21.7. The third-order valence-electron chi connectivity index (χ3n) is 7.21. The number of aromatic nitrogens is 5. The van der Waals surface area contributed by atoms with Crippen molar-refractivity contribution in [3.05, 3.63) is 82.9 Å². The lowest BCUT2D eigenvalue weighted by atomic mass is 9.79. The van der Waals surface area contributed by atoms with E-state index in [4.69, 9.17) is 4.98 Å². The minimum Gasteiger partial charge on any atom is -0.384 e. The maximum absolute atomic E-state index is 13.2. The van der Waals surface area contributed by atoms with Gasteiger partial charge in [0.2, 0.25) is 5.95 Å². The van der Waals surface area contributed by atoms with Gasteiger partial charge in [-0.2, -0.15) is 4.98 Å². The maximum atomic E-state index is 13.2. The van der Waals surface area contributed by atoms with Crippen molar-refractivity contribution >= 4 is 22.7 Å². The fourth-order valence-electron chi connectivity index (χ4n) is 5.05. The molecule has 1 saturated carbocycles. The standard InChI is InChI=1S/C29H34N6O2/c1-5-17-34-27(36)23-18-30-28(31-22-15-13-21(14-16-22)20-11-9-19(2)10-12-20)33-26(23)35(34)25-8-6-7-24(32-25)29(3,4)37/h5-8,13-16,18-20,37H,1,9-12,17H2,2-4H3,(H,30,31,33). The number of allylic oxidation sites excluding steroid dienone is 1. The average Bonchev–Trinajstić information content (AvgIpc) is 3.15. The second-order valence-electron chi connectivity index (χ2n) is 10.6. The van der Waals surface area contributed by atoms with E-state index < -0.39 is 5.60 Å². The van der Waals surface area contributed by atoms with E-state index in [0.717, 1.165) is 11.6 Å². The number of nitrogens with one attached hydrogen (secondary N) is 1. The summed E-state index contributed by atoms with van der Waals surface area (Å²) in [4.78, 5) is 26.9. The SMILES string of the molecule is C=CCn1c(=O)c2cnc(Nc3ccc(C4CCC(C)CC4)cc3)nc2n1-c1cccc(C(C)(C)O)n1. The fourth-order valence-corrected chi connectivity index (χ4v) is 5.05. The number of anilines is 2. The molecule has 4 aromatic rings. The van der Waals surface area contributed by atoms with Crippen LogP contribution in [0.15, 0.2) is 66.1 Å². The monoisotopic (exact) mass is 498 g/mol. The van der Waals surface area contributed by atoms with Gasteiger partial charge in [-0.3, -0.25) is 4.79 Å². The number of fused-ring (bicyclic) bond motifs is 1. The molecule has 3 heterocycles. The summed E-state index contributed by atoms with van der Waals surface area (Å²) >= 11 is 0. The van der Waals surface area contributed by atoms with Crippen LogP contribution in [0.5, 0.6) is 0 Å². The number of benzene rings is 1. The molecule has 1 aromatic carbocycles. The summed E-state index contributed by atoms with van der Waals surface area (Å²) in [5.74, 6) is 2.32. The van der Waals surface area contributed by atoms with Crippen LogP contribution < -0.4 is 10.9 Å². The van der Waals surface area contributed by atoms with Crippen LogP contribution in [0.4, 0.5) is 11.6 Å². The molecule has 0 aliphatic heterocycles. The Morgan fingerprint density at radius 3 is 2.51 bits per heavy atom. The number of hydrogen-bond donors (Lipinski definition) is 2. The van der Waals surface area contributed by atoms with Gasteiger partial charge in [0.05, 0.1) is 12.2 Å². The summed E-state index contributed by atoms with van der Waals surface area (Å²) in [5, 5.41) is 14.1. The van der Waals surface area contributed by atoms with E-state index in [1.165, 1.54) is 35.9 Å². The zero-order chi connectivity index (χ0) is 26.2. The fraction of sp³-hybridized carbons (Fsp3) is 0.379. The van der Waals surface area contributed by atoms with Crippen molar-refractivity contribution in [2.24, 2.45) is 5.92 Å². The molecule has 0 unspecified atom stereocenters. The number of nitrogens with zero attached hydrogens (tertiary/aromatic N) is 5. The van der Waals surface area contributed by atoms with Gasteiger partial charge in [0.1, 0.15) is 11.0 Å². The Hall–Kier alpha value is -3.78. The predicted octanol–water partition coefficient (Wildman–Crippen LogP) is 5.43. The highest BCUT2D eigenvalue weighted by molar-refractivity contribution is 5.77. The highest BCUT2D eigenvalue weighted by atomic mass is 16.3. The van der Waals surface area contributed by atoms with Gasteiger partial charge in [-0.05, 0) is 68.4 Å². The summed E-state index contributed by atoms with van der Waals surface area (Å²) in [6.45, 7) is 9.75. The van der Waals surface area contributed by atoms with E-state index in [2.05, 4.69) is 53.1 Å². The van der Waals surface area contributed by atoms with Gasteiger partial charge in [-0.25, -0.2) is 19.3 Å². The Kier molecular flexibility index (Phi) is 6.69. The van der Waals surface area contributed by atoms with E-state index in [0.29, 0.717) is 34.4 Å². The molecule has 8 nitrogen and oxygen atoms in total. The third kappa shape index (κ3) is 5.06. The number of pyridine rings is 1. The molecule has 1 fully saturated rings. The van der Waals surface area contributed by atoms with Crippen LogP contribution in [0, 0.1) is 5.92 Å². The smallest absolute Gasteiger partial charge is 0.278 e. The zero-order valence-corrected chi connectivity index (χ0v) is 21.7. The van der Waals surface area contributed by atoms with Crippen molar-refractivity contribution in [3.63, 3.8) is 0 Å². The summed E-state index contributed by atoms with van der Waals surface area (Å²) < 4.78 is 3.18. The number of hydrogen-bond acceptors (Lipinski definition) is 6. The van der Waals surface area contributed by atoms with Crippen molar-refractivity contribution < 1.29 is 5.11 Å². The van der Waals surface area contributed by atoms with Gasteiger partial charge in [-0.1, -0.05) is 44.0 Å². The molecule has 3 aromatic heterocycles. The highest BCUT2D eigenvalue weighted by Gasteiger charge is 2.22. The molecule has 5 rings (SSSR count). The third-order valence-corrected chi connectivity index (χ3v) is 7.21. The summed E-state index contributed by atoms with van der Waals surface area (Å²) in [6.07, 6.45) is 8.27. The Morgan fingerprint density at radius 2 is 1.84 bits per heavy atom. The summed E-state index contributed by atoms with van der Waals surface area (Å²) in [5.41, 5.74) is 1.81. The molecular formula is C29H34N6O2. The van der Waals surface area contributed by atoms with E-state index >= 15 is 0 Å². The van der Waals surface area contributed by atoms with E-state index in [1.807, 2.05) is 0 Å². The second kappa shape index (κ2) is 9.94. The quantitative estimate of drug-likeness (QED) is 0.330. The molecule has 8 heteroatoms. The van der Waals surface area contributed by atoms with Gasteiger partial charge in [0, 0.05) is 11.9 Å². The van der Waals surface area contributed by atoms with Gasteiger partial charge < -0.3 is 10.4 Å². The van der Waals surface area contributed by atoms with Crippen molar-refractivity contribution in [2.75, 3.05) is 5.32 Å². The largest absolute Gasteiger partial charge is 0.384 e. The summed E-state index contributed by atoms with van der Waals surface area (Å²) in [7, 11) is 0. The van der Waals surface area contributed by atoms with Gasteiger partial charge in [0.15, 0.2) is 11.5 Å². The number of rotatable bonds is 7. The number of aliphatic hydroxyl groups is 1. The Bertz CT molecular complexity index is 1470. The van der Waals surface area contributed by atoms with E-state index in [-0.39, 0.29) is 12.1 Å². The van der Waals surface area contributed by atoms with Crippen molar-refractivity contribution in [1.82, 2.24) is 24.3 Å². The molecular weight excluding hydrogens is 464 g/mol. The topological polar surface area (TPSA) is 97.9 Å². The van der Waals surface area contributed by atoms with Crippen LogP contribution in [0.25, 0.3) is 16.9 Å². The van der Waals surface area contributed by atoms with Crippen LogP contribution in [0.3, 0.4) is 0 Å². The van der Waals surface area contributed by atoms with E-state index in [9.17, 15) is 9.90 Å². The molecule has 0 atom stereocenters. The van der Waals surface area contributed by atoms with Crippen LogP contribution in [0.1, 0.15) is 63.6 Å². The lowest BCUT2D eigenvalue weighted by Gasteiger charge is -2.26. The lowest BCUT2D eigenvalue weighted by Crippen LogP contribution is -2.23. The highest BCUT2D eigenvalue weighted by Crippen LogP contribution is 2.36. The normalized spacial score (nSPS) is 18.2. The molecule has 192 valence electrons. The van der Waals surface area contributed by atoms with Gasteiger partial charge >= 0.3 is 0 Å². The Morgan fingerprint density at radius 1 is 1.11 bits per heavy atom. The van der Waals surface area contributed by atoms with Crippen molar-refractivity contribution in [1.29, 1.82) is 0 Å². The molecule has 2 N–H and O–H groups in total.